The van der Waals surface area contributed by atoms with E-state index in [0.717, 1.165) is 4.57 Å². The van der Waals surface area contributed by atoms with Gasteiger partial charge >= 0.3 is 23.5 Å². The molecular formula is C12H16N3O14P3S. The summed E-state index contributed by atoms with van der Waals surface area (Å²) >= 11 is 5.10. The maximum atomic E-state index is 12.0. The van der Waals surface area contributed by atoms with Crippen molar-refractivity contribution in [2.75, 3.05) is 6.61 Å². The lowest BCUT2D eigenvalue weighted by Crippen LogP contribution is -2.33. The molecule has 21 heteroatoms. The van der Waals surface area contributed by atoms with E-state index in [-0.39, 0.29) is 15.8 Å². The first-order chi connectivity index (χ1) is 15.1. The minimum atomic E-state index is -5.73. The van der Waals surface area contributed by atoms with E-state index in [1.54, 1.807) is 0 Å². The van der Waals surface area contributed by atoms with Crippen molar-refractivity contribution in [3.05, 3.63) is 33.5 Å². The summed E-state index contributed by atoms with van der Waals surface area (Å²) < 4.78 is 51.6. The summed E-state index contributed by atoms with van der Waals surface area (Å²) in [5.41, 5.74) is -0.279. The summed E-state index contributed by atoms with van der Waals surface area (Å²) in [5, 5.41) is 20.6. The average molecular weight is 551 g/mol. The molecule has 2 aromatic rings. The molecular weight excluding hydrogens is 535 g/mol. The first-order valence-corrected chi connectivity index (χ1v) is 13.4. The Kier molecular flexibility index (Phi) is 7.56. The number of hydrogen-bond acceptors (Lipinski definition) is 12. The summed E-state index contributed by atoms with van der Waals surface area (Å²) in [6, 6.07) is 1.21. The Morgan fingerprint density at radius 3 is 2.42 bits per heavy atom. The third kappa shape index (κ3) is 6.48. The van der Waals surface area contributed by atoms with Gasteiger partial charge < -0.3 is 39.5 Å². The predicted octanol–water partition coefficient (Wildman–Crippen LogP) is -0.583. The molecule has 3 heterocycles. The van der Waals surface area contributed by atoms with Gasteiger partial charge in [-0.15, -0.1) is 0 Å². The fourth-order valence-electron chi connectivity index (χ4n) is 2.80. The number of aliphatic hydroxyl groups is 2. The summed E-state index contributed by atoms with van der Waals surface area (Å²) in [5.74, 6) is 0. The van der Waals surface area contributed by atoms with Crippen molar-refractivity contribution in [2.45, 2.75) is 24.5 Å². The number of H-pyrrole nitrogens is 1. The molecule has 7 N–H and O–H groups in total. The van der Waals surface area contributed by atoms with Crippen LogP contribution in [0.4, 0.5) is 0 Å². The smallest absolute Gasteiger partial charge is 0.387 e. The van der Waals surface area contributed by atoms with Gasteiger partial charge in [-0.05, 0) is 12.2 Å². The van der Waals surface area contributed by atoms with Gasteiger partial charge in [0, 0.05) is 18.5 Å². The zero-order valence-corrected chi connectivity index (χ0v) is 19.3. The van der Waals surface area contributed by atoms with Crippen LogP contribution >= 0.6 is 35.7 Å². The molecule has 6 atom stereocenters. The number of fused-ring (bicyclic) bond motifs is 1. The molecule has 0 aliphatic carbocycles. The Bertz CT molecular complexity index is 1310. The molecule has 1 aliphatic heterocycles. The van der Waals surface area contributed by atoms with E-state index < -0.39 is 60.0 Å². The van der Waals surface area contributed by atoms with E-state index in [0.29, 0.717) is 0 Å². The van der Waals surface area contributed by atoms with Crippen LogP contribution in [0.1, 0.15) is 6.23 Å². The number of rotatable bonds is 8. The monoisotopic (exact) mass is 551 g/mol. The van der Waals surface area contributed by atoms with Crippen LogP contribution in [0.2, 0.25) is 0 Å². The SMILES string of the molecule is O=c1cc[nH]c2nc(=S)n([C@@H]3O[C@H](COP(=O)(O)OP(=O)(O)OP(=O)(O)O)C(O)[C@@H]3O)cc12. The molecule has 17 nitrogen and oxygen atoms in total. The number of hydrogen-bond donors (Lipinski definition) is 7. The van der Waals surface area contributed by atoms with Gasteiger partial charge in [0.05, 0.1) is 12.0 Å². The van der Waals surface area contributed by atoms with Crippen LogP contribution in [0.5, 0.6) is 0 Å². The highest BCUT2D eigenvalue weighted by Gasteiger charge is 2.46. The van der Waals surface area contributed by atoms with Gasteiger partial charge in [-0.2, -0.15) is 8.62 Å². The van der Waals surface area contributed by atoms with Gasteiger partial charge in [0.25, 0.3) is 0 Å². The first kappa shape index (κ1) is 26.4. The number of phosphoric ester groups is 1. The second kappa shape index (κ2) is 9.45. The number of aliphatic hydroxyl groups excluding tert-OH is 2. The minimum absolute atomic E-state index is 0.0769. The predicted molar refractivity (Wildman–Crippen MR) is 107 cm³/mol. The van der Waals surface area contributed by atoms with E-state index in [4.69, 9.17) is 31.6 Å². The van der Waals surface area contributed by atoms with Gasteiger partial charge in [-0.1, -0.05) is 0 Å². The van der Waals surface area contributed by atoms with Crippen molar-refractivity contribution < 1.29 is 61.4 Å². The van der Waals surface area contributed by atoms with Crippen molar-refractivity contribution in [1.29, 1.82) is 0 Å². The van der Waals surface area contributed by atoms with Crippen LogP contribution in [-0.4, -0.2) is 69.2 Å². The average Bonchev–Trinajstić information content (AvgIpc) is 2.91. The van der Waals surface area contributed by atoms with Crippen LogP contribution in [-0.2, 0) is 31.6 Å². The third-order valence-corrected chi connectivity index (χ3v) is 8.21. The van der Waals surface area contributed by atoms with Crippen LogP contribution in [0, 0.1) is 4.77 Å². The van der Waals surface area contributed by atoms with Gasteiger partial charge in [-0.3, -0.25) is 13.9 Å². The highest BCUT2D eigenvalue weighted by molar-refractivity contribution is 7.71. The lowest BCUT2D eigenvalue weighted by atomic mass is 10.1. The maximum Gasteiger partial charge on any atom is 0.490 e. The summed E-state index contributed by atoms with van der Waals surface area (Å²) in [7, 11) is -16.8. The van der Waals surface area contributed by atoms with Gasteiger partial charge in [0.2, 0.25) is 4.77 Å². The van der Waals surface area contributed by atoms with Gasteiger partial charge in [0.1, 0.15) is 24.0 Å². The van der Waals surface area contributed by atoms with Crippen LogP contribution in [0.25, 0.3) is 11.0 Å². The Labute approximate surface area is 187 Å². The zero-order chi connectivity index (χ0) is 24.8. The number of aromatic amines is 1. The van der Waals surface area contributed by atoms with Gasteiger partial charge in [0.15, 0.2) is 11.7 Å². The molecule has 1 fully saturated rings. The molecule has 0 spiro atoms. The molecule has 0 bridgehead atoms. The highest BCUT2D eigenvalue weighted by Crippen LogP contribution is 2.66. The number of nitrogens with zero attached hydrogens (tertiary/aromatic N) is 2. The Balaban J connectivity index is 1.75. The lowest BCUT2D eigenvalue weighted by Gasteiger charge is -2.19. The van der Waals surface area contributed by atoms with E-state index >= 15 is 0 Å². The number of nitrogens with one attached hydrogen (secondary N) is 1. The van der Waals surface area contributed by atoms with Gasteiger partial charge in [-0.25, -0.2) is 18.7 Å². The molecule has 3 unspecified atom stereocenters. The van der Waals surface area contributed by atoms with Crippen LogP contribution in [0.15, 0.2) is 23.3 Å². The molecule has 1 aliphatic rings. The molecule has 33 heavy (non-hydrogen) atoms. The Morgan fingerprint density at radius 1 is 1.12 bits per heavy atom. The first-order valence-electron chi connectivity index (χ1n) is 8.49. The third-order valence-electron chi connectivity index (χ3n) is 4.10. The summed E-state index contributed by atoms with van der Waals surface area (Å²) in [6.07, 6.45) is -3.81. The van der Waals surface area contributed by atoms with Crippen molar-refractivity contribution in [3.8, 4) is 0 Å². The molecule has 0 amide bonds. The fourth-order valence-corrected chi connectivity index (χ4v) is 6.07. The topological polar surface area (TPSA) is 260 Å². The molecule has 0 saturated carbocycles. The minimum Gasteiger partial charge on any atom is -0.387 e. The normalized spacial score (nSPS) is 27.3. The van der Waals surface area contributed by atoms with Crippen molar-refractivity contribution in [1.82, 2.24) is 14.5 Å². The van der Waals surface area contributed by atoms with E-state index in [2.05, 4.69) is 23.1 Å². The second-order valence-corrected chi connectivity index (χ2v) is 11.3. The molecule has 184 valence electrons. The van der Waals surface area contributed by atoms with E-state index in [1.165, 1.54) is 18.5 Å². The maximum absolute atomic E-state index is 12.0. The van der Waals surface area contributed by atoms with Crippen molar-refractivity contribution >= 4 is 46.7 Å². The zero-order valence-electron chi connectivity index (χ0n) is 15.8. The lowest BCUT2D eigenvalue weighted by molar-refractivity contribution is -0.0530. The molecule has 3 rings (SSSR count). The van der Waals surface area contributed by atoms with Crippen molar-refractivity contribution in [3.63, 3.8) is 0 Å². The van der Waals surface area contributed by atoms with E-state index in [9.17, 15) is 33.6 Å². The Hall–Kier alpha value is -1.20. The fraction of sp³-hybridized carbons (Fsp3) is 0.417. The molecule has 2 aromatic heterocycles. The Morgan fingerprint density at radius 2 is 1.79 bits per heavy atom. The largest absolute Gasteiger partial charge is 0.490 e. The number of phosphoric acid groups is 3. The number of ether oxygens (including phenoxy) is 1. The van der Waals surface area contributed by atoms with E-state index in [1.807, 2.05) is 0 Å². The quantitative estimate of drug-likeness (QED) is 0.160. The summed E-state index contributed by atoms with van der Waals surface area (Å²) in [4.78, 5) is 54.4. The summed E-state index contributed by atoms with van der Waals surface area (Å²) in [6.45, 7) is -1.01. The number of pyridine rings is 1. The number of aromatic nitrogens is 3. The second-order valence-electron chi connectivity index (χ2n) is 6.47. The molecule has 0 radical (unpaired) electrons. The van der Waals surface area contributed by atoms with Crippen LogP contribution < -0.4 is 5.43 Å². The van der Waals surface area contributed by atoms with Crippen LogP contribution in [0.3, 0.4) is 0 Å². The van der Waals surface area contributed by atoms with Crippen molar-refractivity contribution in [2.24, 2.45) is 0 Å². The highest BCUT2D eigenvalue weighted by atomic mass is 32.1. The molecule has 0 aromatic carbocycles. The standard InChI is InChI=1S/C12H16N3O14P3S/c16-6-1-2-13-10-5(6)3-15(12(33)14-10)11-9(18)8(17)7(27-11)4-26-31(22,23)29-32(24,25)28-30(19,20)21/h1-3,7-9,11,17-18H,4H2,(H,22,23)(H,24,25)(H,13,14,33)(H2,19,20,21)/t7-,8?,9+,11-/m1/s1. The molecule has 1 saturated heterocycles.